The van der Waals surface area contributed by atoms with Crippen LogP contribution in [0.5, 0.6) is 11.5 Å². The lowest BCUT2D eigenvalue weighted by Gasteiger charge is -2.31. The number of hydrazone groups is 1. The minimum atomic E-state index is -0.225. The third kappa shape index (κ3) is 4.74. The number of hydrogen-bond donors (Lipinski definition) is 0. The molecule has 2 aliphatic heterocycles. The van der Waals surface area contributed by atoms with Gasteiger partial charge in [0.2, 0.25) is 0 Å². The maximum atomic E-state index is 13.4. The number of carbonyl (C=O) groups is 1. The van der Waals surface area contributed by atoms with Gasteiger partial charge < -0.3 is 9.47 Å². The van der Waals surface area contributed by atoms with E-state index in [0.717, 1.165) is 60.2 Å². The summed E-state index contributed by atoms with van der Waals surface area (Å²) in [7, 11) is 3.30. The summed E-state index contributed by atoms with van der Waals surface area (Å²) in [4.78, 5) is 15.7. The van der Waals surface area contributed by atoms with E-state index < -0.39 is 0 Å². The average Bonchev–Trinajstić information content (AvgIpc) is 3.26. The standard InChI is InChI=1S/C25H31N3O3/c1-18-11-13-27(14-12-18)17-25(29)28-23(16-22(26-28)19-7-5-4-6-8-19)21-15-20(30-2)9-10-24(21)31-3/h4-10,15,18,23H,11-14,16-17H2,1-3H3. The average molecular weight is 422 g/mol. The van der Waals surface area contributed by atoms with Gasteiger partial charge in [0.1, 0.15) is 11.5 Å². The summed E-state index contributed by atoms with van der Waals surface area (Å²) in [6.07, 6.45) is 2.91. The third-order valence-corrected chi connectivity index (χ3v) is 6.30. The summed E-state index contributed by atoms with van der Waals surface area (Å²) in [5.41, 5.74) is 2.87. The number of benzene rings is 2. The monoisotopic (exact) mass is 421 g/mol. The van der Waals surface area contributed by atoms with E-state index in [1.165, 1.54) is 0 Å². The summed E-state index contributed by atoms with van der Waals surface area (Å²) in [5, 5.41) is 6.47. The zero-order chi connectivity index (χ0) is 21.8. The minimum Gasteiger partial charge on any atom is -0.497 e. The second-order valence-corrected chi connectivity index (χ2v) is 8.44. The van der Waals surface area contributed by atoms with Gasteiger partial charge in [0.25, 0.3) is 5.91 Å². The number of likely N-dealkylation sites (tertiary alicyclic amines) is 1. The number of piperidine rings is 1. The lowest BCUT2D eigenvalue weighted by Crippen LogP contribution is -2.41. The Labute approximate surface area is 184 Å². The highest BCUT2D eigenvalue weighted by molar-refractivity contribution is 6.03. The van der Waals surface area contributed by atoms with Crippen LogP contribution in [0.25, 0.3) is 0 Å². The van der Waals surface area contributed by atoms with Gasteiger partial charge in [0.15, 0.2) is 0 Å². The van der Waals surface area contributed by atoms with Gasteiger partial charge in [-0.1, -0.05) is 37.3 Å². The topological polar surface area (TPSA) is 54.4 Å². The van der Waals surface area contributed by atoms with E-state index in [2.05, 4.69) is 11.8 Å². The molecule has 31 heavy (non-hydrogen) atoms. The molecule has 0 aromatic heterocycles. The summed E-state index contributed by atoms with van der Waals surface area (Å²) in [5.74, 6) is 2.23. The Balaban J connectivity index is 1.64. The van der Waals surface area contributed by atoms with Crippen LogP contribution in [0.1, 0.15) is 43.4 Å². The molecule has 1 amide bonds. The second-order valence-electron chi connectivity index (χ2n) is 8.44. The molecule has 2 aromatic rings. The molecule has 6 heteroatoms. The molecule has 164 valence electrons. The normalized spacial score (nSPS) is 19.9. The first kappa shape index (κ1) is 21.4. The molecule has 2 heterocycles. The molecule has 6 nitrogen and oxygen atoms in total. The molecule has 1 atom stereocenters. The lowest BCUT2D eigenvalue weighted by atomic mass is 9.97. The number of methoxy groups -OCH3 is 2. The molecule has 0 spiro atoms. The zero-order valence-corrected chi connectivity index (χ0v) is 18.6. The highest BCUT2D eigenvalue weighted by atomic mass is 16.5. The van der Waals surface area contributed by atoms with Crippen molar-refractivity contribution in [3.63, 3.8) is 0 Å². The van der Waals surface area contributed by atoms with Crippen molar-refractivity contribution in [1.29, 1.82) is 0 Å². The van der Waals surface area contributed by atoms with E-state index in [1.807, 2.05) is 48.5 Å². The van der Waals surface area contributed by atoms with Crippen LogP contribution in [0.2, 0.25) is 0 Å². The molecule has 1 saturated heterocycles. The number of rotatable bonds is 6. The maximum Gasteiger partial charge on any atom is 0.257 e. The molecular weight excluding hydrogens is 390 g/mol. The van der Waals surface area contributed by atoms with Crippen molar-refractivity contribution in [1.82, 2.24) is 9.91 Å². The predicted octanol–water partition coefficient (Wildman–Crippen LogP) is 4.11. The Hall–Kier alpha value is -2.86. The molecule has 4 rings (SSSR count). The Morgan fingerprint density at radius 1 is 1.06 bits per heavy atom. The summed E-state index contributed by atoms with van der Waals surface area (Å²) in [6.45, 7) is 4.59. The Kier molecular flexibility index (Phi) is 6.56. The van der Waals surface area contributed by atoms with Crippen LogP contribution in [0, 0.1) is 5.92 Å². The highest BCUT2D eigenvalue weighted by Crippen LogP contribution is 2.39. The Morgan fingerprint density at radius 3 is 2.48 bits per heavy atom. The summed E-state index contributed by atoms with van der Waals surface area (Å²) < 4.78 is 11.1. The first-order chi connectivity index (χ1) is 15.1. The summed E-state index contributed by atoms with van der Waals surface area (Å²) in [6, 6.07) is 15.6. The van der Waals surface area contributed by atoms with Crippen molar-refractivity contribution in [2.45, 2.75) is 32.2 Å². The fourth-order valence-electron chi connectivity index (χ4n) is 4.37. The van der Waals surface area contributed by atoms with Crippen molar-refractivity contribution in [3.8, 4) is 11.5 Å². The molecule has 2 aliphatic rings. The first-order valence-electron chi connectivity index (χ1n) is 11.0. The van der Waals surface area contributed by atoms with E-state index >= 15 is 0 Å². The summed E-state index contributed by atoms with van der Waals surface area (Å²) >= 11 is 0. The highest BCUT2D eigenvalue weighted by Gasteiger charge is 2.36. The van der Waals surface area contributed by atoms with Crippen molar-refractivity contribution < 1.29 is 14.3 Å². The van der Waals surface area contributed by atoms with Gasteiger partial charge in [-0.2, -0.15) is 5.10 Å². The molecule has 0 radical (unpaired) electrons. The maximum absolute atomic E-state index is 13.4. The molecule has 1 fully saturated rings. The number of amides is 1. The minimum absolute atomic E-state index is 0.0235. The molecule has 2 aromatic carbocycles. The van der Waals surface area contributed by atoms with Crippen LogP contribution >= 0.6 is 0 Å². The van der Waals surface area contributed by atoms with Crippen molar-refractivity contribution in [3.05, 3.63) is 59.7 Å². The number of nitrogens with zero attached hydrogens (tertiary/aromatic N) is 3. The zero-order valence-electron chi connectivity index (χ0n) is 18.6. The molecule has 0 N–H and O–H groups in total. The van der Waals surface area contributed by atoms with Crippen molar-refractivity contribution in [2.24, 2.45) is 11.0 Å². The van der Waals surface area contributed by atoms with Gasteiger partial charge in [-0.05, 0) is 55.6 Å². The van der Waals surface area contributed by atoms with Crippen LogP contribution in [0.3, 0.4) is 0 Å². The van der Waals surface area contributed by atoms with Gasteiger partial charge >= 0.3 is 0 Å². The van der Waals surface area contributed by atoms with Crippen LogP contribution in [0.4, 0.5) is 0 Å². The van der Waals surface area contributed by atoms with Gasteiger partial charge in [-0.3, -0.25) is 9.69 Å². The number of carbonyl (C=O) groups excluding carboxylic acids is 1. The van der Waals surface area contributed by atoms with E-state index in [1.54, 1.807) is 19.2 Å². The number of ether oxygens (including phenoxy) is 2. The van der Waals surface area contributed by atoms with E-state index in [0.29, 0.717) is 13.0 Å². The van der Waals surface area contributed by atoms with Crippen LogP contribution in [-0.2, 0) is 4.79 Å². The Morgan fingerprint density at radius 2 is 1.81 bits per heavy atom. The van der Waals surface area contributed by atoms with Gasteiger partial charge in [0.05, 0.1) is 32.5 Å². The van der Waals surface area contributed by atoms with Gasteiger partial charge in [0, 0.05) is 12.0 Å². The van der Waals surface area contributed by atoms with E-state index in [-0.39, 0.29) is 11.9 Å². The fourth-order valence-corrected chi connectivity index (χ4v) is 4.37. The van der Waals surface area contributed by atoms with Crippen LogP contribution < -0.4 is 9.47 Å². The molecule has 0 bridgehead atoms. The smallest absolute Gasteiger partial charge is 0.257 e. The molecule has 1 unspecified atom stereocenters. The lowest BCUT2D eigenvalue weighted by molar-refractivity contribution is -0.134. The molecule has 0 aliphatic carbocycles. The molecule has 0 saturated carbocycles. The fraction of sp³-hybridized carbons (Fsp3) is 0.440. The predicted molar refractivity (Wildman–Crippen MR) is 122 cm³/mol. The SMILES string of the molecule is COc1ccc(OC)c(C2CC(c3ccccc3)=NN2C(=O)CN2CCC(C)CC2)c1. The van der Waals surface area contributed by atoms with Crippen LogP contribution in [-0.4, -0.2) is 55.4 Å². The first-order valence-corrected chi connectivity index (χ1v) is 11.0. The Bertz CT molecular complexity index is 936. The molecular formula is C25H31N3O3. The quantitative estimate of drug-likeness (QED) is 0.704. The second kappa shape index (κ2) is 9.52. The van der Waals surface area contributed by atoms with E-state index in [9.17, 15) is 4.79 Å². The largest absolute Gasteiger partial charge is 0.497 e. The van der Waals surface area contributed by atoms with Crippen molar-refractivity contribution in [2.75, 3.05) is 33.9 Å². The van der Waals surface area contributed by atoms with Crippen molar-refractivity contribution >= 4 is 11.6 Å². The van der Waals surface area contributed by atoms with Gasteiger partial charge in [-0.15, -0.1) is 0 Å². The number of hydrogen-bond acceptors (Lipinski definition) is 5. The van der Waals surface area contributed by atoms with E-state index in [4.69, 9.17) is 14.6 Å². The third-order valence-electron chi connectivity index (χ3n) is 6.30. The van der Waals surface area contributed by atoms with Crippen LogP contribution in [0.15, 0.2) is 53.6 Å². The van der Waals surface area contributed by atoms with Gasteiger partial charge in [-0.25, -0.2) is 5.01 Å².